The molecule has 1 aromatic heterocycles. The Kier molecular flexibility index (Phi) is 5.54. The average Bonchev–Trinajstić information content (AvgIpc) is 2.34. The first-order chi connectivity index (χ1) is 8.10. The van der Waals surface area contributed by atoms with Crippen molar-refractivity contribution >= 4 is 35.1 Å². The highest BCUT2D eigenvalue weighted by molar-refractivity contribution is 7.98. The SMILES string of the molecule is CSCCN(C)C(=O)c1cnc(NN)c(Cl)c1. The molecule has 1 aromatic rings. The Bertz CT molecular complexity index is 402. The van der Waals surface area contributed by atoms with Crippen molar-refractivity contribution in [1.82, 2.24) is 9.88 Å². The van der Waals surface area contributed by atoms with Crippen molar-refractivity contribution in [2.24, 2.45) is 5.84 Å². The summed E-state index contributed by atoms with van der Waals surface area (Å²) in [7, 11) is 1.75. The highest BCUT2D eigenvalue weighted by Crippen LogP contribution is 2.19. The van der Waals surface area contributed by atoms with Gasteiger partial charge in [-0.3, -0.25) is 4.79 Å². The van der Waals surface area contributed by atoms with E-state index in [1.807, 2.05) is 6.26 Å². The zero-order valence-corrected chi connectivity index (χ0v) is 11.3. The molecular formula is C10H15ClN4OS. The van der Waals surface area contributed by atoms with Gasteiger partial charge in [0.25, 0.3) is 5.91 Å². The lowest BCUT2D eigenvalue weighted by molar-refractivity contribution is 0.0803. The second-order valence-electron chi connectivity index (χ2n) is 3.42. The fourth-order valence-corrected chi connectivity index (χ4v) is 1.89. The van der Waals surface area contributed by atoms with Gasteiger partial charge in [0.15, 0.2) is 5.82 Å². The maximum absolute atomic E-state index is 12.0. The summed E-state index contributed by atoms with van der Waals surface area (Å²) in [6, 6.07) is 1.56. The Balaban J connectivity index is 2.78. The number of hydrazine groups is 1. The molecule has 3 N–H and O–H groups in total. The third kappa shape index (κ3) is 3.76. The molecule has 0 fully saturated rings. The van der Waals surface area contributed by atoms with Gasteiger partial charge >= 0.3 is 0 Å². The number of rotatable bonds is 5. The fraction of sp³-hybridized carbons (Fsp3) is 0.400. The lowest BCUT2D eigenvalue weighted by Crippen LogP contribution is -2.29. The number of carbonyl (C=O) groups excluding carboxylic acids is 1. The largest absolute Gasteiger partial charge is 0.341 e. The van der Waals surface area contributed by atoms with E-state index in [0.29, 0.717) is 22.9 Å². The van der Waals surface area contributed by atoms with Crippen molar-refractivity contribution in [3.63, 3.8) is 0 Å². The van der Waals surface area contributed by atoms with Crippen molar-refractivity contribution in [2.75, 3.05) is 31.0 Å². The van der Waals surface area contributed by atoms with Crippen LogP contribution in [0.25, 0.3) is 0 Å². The van der Waals surface area contributed by atoms with Gasteiger partial charge in [-0.1, -0.05) is 11.6 Å². The number of nitrogen functional groups attached to an aromatic ring is 1. The molecule has 1 amide bonds. The number of nitrogens with zero attached hydrogens (tertiary/aromatic N) is 2. The molecule has 94 valence electrons. The van der Waals surface area contributed by atoms with Crippen LogP contribution in [0.15, 0.2) is 12.3 Å². The quantitative estimate of drug-likeness (QED) is 0.628. The Morgan fingerprint density at radius 2 is 2.41 bits per heavy atom. The molecular weight excluding hydrogens is 260 g/mol. The number of nitrogens with two attached hydrogens (primary N) is 1. The zero-order chi connectivity index (χ0) is 12.8. The van der Waals surface area contributed by atoms with Crippen LogP contribution in [-0.4, -0.2) is 41.4 Å². The smallest absolute Gasteiger partial charge is 0.255 e. The molecule has 0 aliphatic heterocycles. The number of carbonyl (C=O) groups is 1. The van der Waals surface area contributed by atoms with Crippen LogP contribution in [-0.2, 0) is 0 Å². The average molecular weight is 275 g/mol. The minimum atomic E-state index is -0.1000. The van der Waals surface area contributed by atoms with Crippen molar-refractivity contribution in [3.05, 3.63) is 22.8 Å². The van der Waals surface area contributed by atoms with E-state index in [1.54, 1.807) is 29.8 Å². The molecule has 0 atom stereocenters. The first kappa shape index (κ1) is 14.1. The van der Waals surface area contributed by atoms with Crippen LogP contribution >= 0.6 is 23.4 Å². The third-order valence-electron chi connectivity index (χ3n) is 2.20. The van der Waals surface area contributed by atoms with Gasteiger partial charge < -0.3 is 10.3 Å². The molecule has 0 spiro atoms. The van der Waals surface area contributed by atoms with Crippen LogP contribution in [0.2, 0.25) is 5.02 Å². The number of hydrogen-bond acceptors (Lipinski definition) is 5. The van der Waals surface area contributed by atoms with Gasteiger partial charge in [0, 0.05) is 25.5 Å². The van der Waals surface area contributed by atoms with Crippen molar-refractivity contribution in [1.29, 1.82) is 0 Å². The number of hydrogen-bond donors (Lipinski definition) is 2. The maximum atomic E-state index is 12.0. The van der Waals surface area contributed by atoms with Crippen LogP contribution in [0.5, 0.6) is 0 Å². The highest BCUT2D eigenvalue weighted by atomic mass is 35.5. The Labute approximate surface area is 110 Å². The van der Waals surface area contributed by atoms with Gasteiger partial charge in [0.05, 0.1) is 10.6 Å². The molecule has 0 saturated heterocycles. The van der Waals surface area contributed by atoms with Gasteiger partial charge in [-0.15, -0.1) is 0 Å². The molecule has 5 nitrogen and oxygen atoms in total. The second-order valence-corrected chi connectivity index (χ2v) is 4.81. The van der Waals surface area contributed by atoms with Gasteiger partial charge in [-0.05, 0) is 12.3 Å². The molecule has 0 aliphatic carbocycles. The van der Waals surface area contributed by atoms with Gasteiger partial charge in [-0.25, -0.2) is 10.8 Å². The number of anilines is 1. The van der Waals surface area contributed by atoms with Gasteiger partial charge in [0.1, 0.15) is 0 Å². The van der Waals surface area contributed by atoms with E-state index in [2.05, 4.69) is 10.4 Å². The molecule has 0 aliphatic rings. The lowest BCUT2D eigenvalue weighted by atomic mass is 10.2. The van der Waals surface area contributed by atoms with E-state index in [-0.39, 0.29) is 5.91 Å². The summed E-state index contributed by atoms with van der Waals surface area (Å²) >= 11 is 7.59. The van der Waals surface area contributed by atoms with Crippen LogP contribution in [0.4, 0.5) is 5.82 Å². The minimum absolute atomic E-state index is 0.1000. The fourth-order valence-electron chi connectivity index (χ4n) is 1.21. The number of pyridine rings is 1. The first-order valence-corrected chi connectivity index (χ1v) is 6.74. The molecule has 1 heterocycles. The summed E-state index contributed by atoms with van der Waals surface area (Å²) in [5.74, 6) is 6.36. The topological polar surface area (TPSA) is 71.2 Å². The Morgan fingerprint density at radius 3 is 2.94 bits per heavy atom. The van der Waals surface area contributed by atoms with Crippen LogP contribution < -0.4 is 11.3 Å². The molecule has 0 saturated carbocycles. The molecule has 1 rings (SSSR count). The molecule has 0 radical (unpaired) electrons. The summed E-state index contributed by atoms with van der Waals surface area (Å²) in [6.07, 6.45) is 3.46. The van der Waals surface area contributed by atoms with Crippen molar-refractivity contribution < 1.29 is 4.79 Å². The zero-order valence-electron chi connectivity index (χ0n) is 9.74. The number of aromatic nitrogens is 1. The molecule has 0 aromatic carbocycles. The van der Waals surface area contributed by atoms with Crippen LogP contribution in [0.1, 0.15) is 10.4 Å². The van der Waals surface area contributed by atoms with E-state index in [9.17, 15) is 4.79 Å². The van der Waals surface area contributed by atoms with Crippen molar-refractivity contribution in [2.45, 2.75) is 0 Å². The summed E-state index contributed by atoms with van der Waals surface area (Å²) in [6.45, 7) is 0.689. The van der Waals surface area contributed by atoms with E-state index in [4.69, 9.17) is 17.4 Å². The third-order valence-corrected chi connectivity index (χ3v) is 3.08. The number of thioether (sulfide) groups is 1. The Hall–Kier alpha value is -0.980. The van der Waals surface area contributed by atoms with E-state index in [0.717, 1.165) is 5.75 Å². The summed E-state index contributed by atoms with van der Waals surface area (Å²) in [4.78, 5) is 17.6. The lowest BCUT2D eigenvalue weighted by Gasteiger charge is -2.16. The monoisotopic (exact) mass is 274 g/mol. The van der Waals surface area contributed by atoms with Crippen LogP contribution in [0, 0.1) is 0 Å². The van der Waals surface area contributed by atoms with Gasteiger partial charge in [-0.2, -0.15) is 11.8 Å². The first-order valence-electron chi connectivity index (χ1n) is 4.96. The van der Waals surface area contributed by atoms with E-state index >= 15 is 0 Å². The highest BCUT2D eigenvalue weighted by Gasteiger charge is 2.13. The normalized spacial score (nSPS) is 10.1. The van der Waals surface area contributed by atoms with E-state index < -0.39 is 0 Å². The number of amides is 1. The number of halogens is 1. The van der Waals surface area contributed by atoms with Crippen molar-refractivity contribution in [3.8, 4) is 0 Å². The second kappa shape index (κ2) is 6.68. The predicted octanol–water partition coefficient (Wildman–Crippen LogP) is 1.46. The summed E-state index contributed by atoms with van der Waals surface area (Å²) in [5, 5.41) is 0.330. The summed E-state index contributed by atoms with van der Waals surface area (Å²) < 4.78 is 0. The minimum Gasteiger partial charge on any atom is -0.341 e. The molecule has 17 heavy (non-hydrogen) atoms. The van der Waals surface area contributed by atoms with Crippen LogP contribution in [0.3, 0.4) is 0 Å². The maximum Gasteiger partial charge on any atom is 0.255 e. The molecule has 0 bridgehead atoms. The standard InChI is InChI=1S/C10H15ClN4OS/c1-15(3-4-17-2)10(16)7-5-8(11)9(14-12)13-6-7/h5-6H,3-4,12H2,1-2H3,(H,13,14). The number of nitrogens with one attached hydrogen (secondary N) is 1. The van der Waals surface area contributed by atoms with E-state index in [1.165, 1.54) is 6.20 Å². The molecule has 0 unspecified atom stereocenters. The molecule has 7 heteroatoms. The van der Waals surface area contributed by atoms with Gasteiger partial charge in [0.2, 0.25) is 0 Å². The predicted molar refractivity (Wildman–Crippen MR) is 72.4 cm³/mol. The summed E-state index contributed by atoms with van der Waals surface area (Å²) in [5.41, 5.74) is 2.81. The Morgan fingerprint density at radius 1 is 1.71 bits per heavy atom.